The van der Waals surface area contributed by atoms with Gasteiger partial charge < -0.3 is 15.4 Å². The first kappa shape index (κ1) is 13.3. The van der Waals surface area contributed by atoms with Crippen molar-refractivity contribution in [1.29, 1.82) is 0 Å². The largest absolute Gasteiger partial charge is 0.453 e. The molecule has 8 nitrogen and oxygen atoms in total. The molecule has 2 heterocycles. The smallest absolute Gasteiger partial charge is 0.409 e. The number of hydrogen-bond donors (Lipinski definition) is 1. The van der Waals surface area contributed by atoms with Gasteiger partial charge in [-0.2, -0.15) is 0 Å². The van der Waals surface area contributed by atoms with E-state index < -0.39 is 0 Å². The number of rotatable bonds is 2. The number of nitrogens with two attached hydrogens (primary N) is 1. The van der Waals surface area contributed by atoms with Crippen LogP contribution in [0.4, 0.5) is 10.5 Å². The molecule has 0 spiro atoms. The molecule has 3 rings (SSSR count). The molecular formula is C13H16N6O2. The van der Waals surface area contributed by atoms with Crippen LogP contribution >= 0.6 is 0 Å². The molecule has 0 bridgehead atoms. The standard InChI is InChI=1S/C13H16N6O2/c1-8-3-4-10(5-11(8)14)19-16-12(15-17-19)9-6-18(7-9)13(20)21-2/h3-5,9H,6-7,14H2,1-2H3. The zero-order valence-electron chi connectivity index (χ0n) is 11.9. The zero-order valence-corrected chi connectivity index (χ0v) is 11.9. The fraction of sp³-hybridized carbons (Fsp3) is 0.385. The fourth-order valence-corrected chi connectivity index (χ4v) is 2.17. The minimum Gasteiger partial charge on any atom is -0.453 e. The quantitative estimate of drug-likeness (QED) is 0.817. The van der Waals surface area contributed by atoms with Crippen LogP contribution in [0.1, 0.15) is 17.3 Å². The van der Waals surface area contributed by atoms with Crippen molar-refractivity contribution in [2.75, 3.05) is 25.9 Å². The molecule has 0 atom stereocenters. The van der Waals surface area contributed by atoms with Crippen molar-refractivity contribution in [2.24, 2.45) is 0 Å². The second-order valence-corrected chi connectivity index (χ2v) is 5.05. The molecule has 1 aromatic heterocycles. The molecule has 0 aliphatic carbocycles. The average Bonchev–Trinajstić information content (AvgIpc) is 2.89. The van der Waals surface area contributed by atoms with Gasteiger partial charge in [0.25, 0.3) is 0 Å². The van der Waals surface area contributed by atoms with Crippen molar-refractivity contribution < 1.29 is 9.53 Å². The summed E-state index contributed by atoms with van der Waals surface area (Å²) in [5, 5.41) is 12.4. The number of ether oxygens (including phenoxy) is 1. The Labute approximate surface area is 121 Å². The summed E-state index contributed by atoms with van der Waals surface area (Å²) in [6, 6.07) is 5.61. The van der Waals surface area contributed by atoms with Gasteiger partial charge in [-0.05, 0) is 29.8 Å². The van der Waals surface area contributed by atoms with E-state index in [2.05, 4.69) is 20.1 Å². The zero-order chi connectivity index (χ0) is 15.0. The first-order chi connectivity index (χ1) is 10.1. The molecule has 1 aliphatic heterocycles. The maximum atomic E-state index is 11.3. The number of carbonyl (C=O) groups excluding carboxylic acids is 1. The second-order valence-electron chi connectivity index (χ2n) is 5.05. The number of methoxy groups -OCH3 is 1. The molecule has 0 radical (unpaired) electrons. The normalized spacial score (nSPS) is 14.9. The van der Waals surface area contributed by atoms with E-state index in [0.717, 1.165) is 11.3 Å². The topological polar surface area (TPSA) is 99.2 Å². The van der Waals surface area contributed by atoms with E-state index in [1.165, 1.54) is 11.9 Å². The second kappa shape index (κ2) is 5.04. The lowest BCUT2D eigenvalue weighted by Crippen LogP contribution is -2.48. The maximum Gasteiger partial charge on any atom is 0.409 e. The molecule has 21 heavy (non-hydrogen) atoms. The van der Waals surface area contributed by atoms with Crippen LogP contribution in [0.15, 0.2) is 18.2 Å². The van der Waals surface area contributed by atoms with Crippen molar-refractivity contribution in [3.8, 4) is 5.69 Å². The highest BCUT2D eigenvalue weighted by Gasteiger charge is 2.35. The van der Waals surface area contributed by atoms with Crippen molar-refractivity contribution in [3.05, 3.63) is 29.6 Å². The van der Waals surface area contributed by atoms with Gasteiger partial charge in [0.1, 0.15) is 0 Å². The molecule has 1 aromatic carbocycles. The molecule has 110 valence electrons. The van der Waals surface area contributed by atoms with Crippen molar-refractivity contribution >= 4 is 11.8 Å². The van der Waals surface area contributed by atoms with Crippen LogP contribution in [0, 0.1) is 6.92 Å². The van der Waals surface area contributed by atoms with Crippen LogP contribution < -0.4 is 5.73 Å². The van der Waals surface area contributed by atoms with E-state index in [4.69, 9.17) is 5.73 Å². The monoisotopic (exact) mass is 288 g/mol. The molecular weight excluding hydrogens is 272 g/mol. The first-order valence-electron chi connectivity index (χ1n) is 6.58. The minimum absolute atomic E-state index is 0.0978. The number of aromatic nitrogens is 4. The summed E-state index contributed by atoms with van der Waals surface area (Å²) >= 11 is 0. The predicted octanol–water partition coefficient (Wildman–Crippen LogP) is 0.719. The van der Waals surface area contributed by atoms with Crippen molar-refractivity contribution in [2.45, 2.75) is 12.8 Å². The van der Waals surface area contributed by atoms with Crippen molar-refractivity contribution in [1.82, 2.24) is 25.1 Å². The average molecular weight is 288 g/mol. The fourth-order valence-electron chi connectivity index (χ4n) is 2.17. The van der Waals surface area contributed by atoms with Crippen LogP contribution in [0.3, 0.4) is 0 Å². The van der Waals surface area contributed by atoms with Gasteiger partial charge in [-0.25, -0.2) is 4.79 Å². The summed E-state index contributed by atoms with van der Waals surface area (Å²) in [7, 11) is 1.37. The summed E-state index contributed by atoms with van der Waals surface area (Å²) < 4.78 is 4.65. The summed E-state index contributed by atoms with van der Waals surface area (Å²) in [6.45, 7) is 3.04. The van der Waals surface area contributed by atoms with Gasteiger partial charge in [0, 0.05) is 18.8 Å². The lowest BCUT2D eigenvalue weighted by molar-refractivity contribution is 0.0863. The Morgan fingerprint density at radius 3 is 2.86 bits per heavy atom. The van der Waals surface area contributed by atoms with E-state index >= 15 is 0 Å². The Balaban J connectivity index is 1.73. The number of nitrogens with zero attached hydrogens (tertiary/aromatic N) is 5. The lowest BCUT2D eigenvalue weighted by atomic mass is 10.0. The van der Waals surface area contributed by atoms with Crippen LogP contribution in [0.25, 0.3) is 5.69 Å². The number of hydrogen-bond acceptors (Lipinski definition) is 6. The highest BCUT2D eigenvalue weighted by molar-refractivity contribution is 5.68. The maximum absolute atomic E-state index is 11.3. The third-order valence-corrected chi connectivity index (χ3v) is 3.60. The number of tetrazole rings is 1. The molecule has 2 aromatic rings. The third-order valence-electron chi connectivity index (χ3n) is 3.60. The van der Waals surface area contributed by atoms with Crippen LogP contribution in [0.2, 0.25) is 0 Å². The molecule has 1 fully saturated rings. The Bertz CT molecular complexity index is 677. The highest BCUT2D eigenvalue weighted by Crippen LogP contribution is 2.24. The Hall–Kier alpha value is -2.64. The molecule has 1 saturated heterocycles. The third kappa shape index (κ3) is 2.39. The van der Waals surface area contributed by atoms with Crippen LogP contribution in [0.5, 0.6) is 0 Å². The van der Waals surface area contributed by atoms with Gasteiger partial charge in [0.05, 0.1) is 18.7 Å². The Morgan fingerprint density at radius 2 is 2.19 bits per heavy atom. The Kier molecular flexibility index (Phi) is 3.20. The SMILES string of the molecule is COC(=O)N1CC(c2nnn(-c3ccc(C)c(N)c3)n2)C1. The number of anilines is 1. The van der Waals surface area contributed by atoms with Gasteiger partial charge in [-0.15, -0.1) is 15.0 Å². The highest BCUT2D eigenvalue weighted by atomic mass is 16.5. The number of nitrogen functional groups attached to an aromatic ring is 1. The van der Waals surface area contributed by atoms with Crippen LogP contribution in [-0.2, 0) is 4.74 Å². The number of aryl methyl sites for hydroxylation is 1. The number of likely N-dealkylation sites (tertiary alicyclic amines) is 1. The van der Waals surface area contributed by atoms with E-state index in [0.29, 0.717) is 24.6 Å². The molecule has 1 aliphatic rings. The number of amides is 1. The molecule has 0 unspecified atom stereocenters. The summed E-state index contributed by atoms with van der Waals surface area (Å²) in [6.07, 6.45) is -0.329. The Morgan fingerprint density at radius 1 is 1.43 bits per heavy atom. The van der Waals surface area contributed by atoms with Gasteiger partial charge in [0.15, 0.2) is 5.82 Å². The van der Waals surface area contributed by atoms with E-state index in [1.807, 2.05) is 25.1 Å². The minimum atomic E-state index is -0.329. The van der Waals surface area contributed by atoms with E-state index in [-0.39, 0.29) is 12.0 Å². The lowest BCUT2D eigenvalue weighted by Gasteiger charge is -2.35. The van der Waals surface area contributed by atoms with Gasteiger partial charge >= 0.3 is 6.09 Å². The van der Waals surface area contributed by atoms with Crippen LogP contribution in [-0.4, -0.2) is 51.4 Å². The summed E-state index contributed by atoms with van der Waals surface area (Å²) in [5.41, 5.74) is 8.34. The molecule has 0 saturated carbocycles. The van der Waals surface area contributed by atoms with E-state index in [9.17, 15) is 4.79 Å². The van der Waals surface area contributed by atoms with Gasteiger partial charge in [-0.3, -0.25) is 0 Å². The first-order valence-corrected chi connectivity index (χ1v) is 6.58. The summed E-state index contributed by atoms with van der Waals surface area (Å²) in [4.78, 5) is 14.3. The number of benzene rings is 1. The van der Waals surface area contributed by atoms with Gasteiger partial charge in [0.2, 0.25) is 0 Å². The molecule has 1 amide bonds. The van der Waals surface area contributed by atoms with Gasteiger partial charge in [-0.1, -0.05) is 6.07 Å². The number of carbonyl (C=O) groups is 1. The summed E-state index contributed by atoms with van der Waals surface area (Å²) in [5.74, 6) is 0.718. The molecule has 2 N–H and O–H groups in total. The predicted molar refractivity (Wildman–Crippen MR) is 75.0 cm³/mol. The van der Waals surface area contributed by atoms with Crippen molar-refractivity contribution in [3.63, 3.8) is 0 Å². The molecule has 8 heteroatoms. The van der Waals surface area contributed by atoms with E-state index in [1.54, 1.807) is 4.90 Å².